The summed E-state index contributed by atoms with van der Waals surface area (Å²) in [4.78, 5) is 0.548. The van der Waals surface area contributed by atoms with Crippen molar-refractivity contribution in [3.63, 3.8) is 0 Å². The fourth-order valence-electron chi connectivity index (χ4n) is 2.65. The molecule has 18 heavy (non-hydrogen) atoms. The number of hydrogen-bond donors (Lipinski definition) is 0. The van der Waals surface area contributed by atoms with Gasteiger partial charge in [-0.2, -0.15) is 5.10 Å². The quantitative estimate of drug-likeness (QED) is 0.798. The molecule has 0 aliphatic carbocycles. The Labute approximate surface area is 115 Å². The van der Waals surface area contributed by atoms with Crippen LogP contribution >= 0.6 is 15.9 Å². The van der Waals surface area contributed by atoms with Crippen molar-refractivity contribution >= 4 is 26.8 Å². The first kappa shape index (κ1) is 12.2. The minimum Gasteiger partial charge on any atom is -0.381 e. The van der Waals surface area contributed by atoms with E-state index in [9.17, 15) is 0 Å². The molecule has 2 atom stereocenters. The van der Waals surface area contributed by atoms with Crippen molar-refractivity contribution in [1.29, 1.82) is 0 Å². The van der Waals surface area contributed by atoms with Crippen LogP contribution in [0.2, 0.25) is 0 Å². The number of benzene rings is 1. The Kier molecular flexibility index (Phi) is 3.39. The minimum absolute atomic E-state index is 0.525. The third-order valence-corrected chi connectivity index (χ3v) is 4.88. The topological polar surface area (TPSA) is 27.1 Å². The number of ether oxygens (including phenoxy) is 1. The van der Waals surface area contributed by atoms with Gasteiger partial charge in [0.2, 0.25) is 0 Å². The largest absolute Gasteiger partial charge is 0.381 e. The van der Waals surface area contributed by atoms with Gasteiger partial charge in [0.1, 0.15) is 0 Å². The van der Waals surface area contributed by atoms with Gasteiger partial charge in [-0.1, -0.05) is 34.1 Å². The number of alkyl halides is 1. The number of nitrogens with zero attached hydrogens (tertiary/aromatic N) is 2. The number of halogens is 1. The van der Waals surface area contributed by atoms with Gasteiger partial charge in [0, 0.05) is 29.8 Å². The maximum Gasteiger partial charge on any atom is 0.0707 e. The van der Waals surface area contributed by atoms with E-state index in [4.69, 9.17) is 4.74 Å². The molecule has 0 radical (unpaired) electrons. The van der Waals surface area contributed by atoms with Gasteiger partial charge in [-0.25, -0.2) is 0 Å². The molecule has 4 heteroatoms. The predicted molar refractivity (Wildman–Crippen MR) is 76.1 cm³/mol. The third kappa shape index (κ3) is 2.19. The van der Waals surface area contributed by atoms with Gasteiger partial charge < -0.3 is 4.74 Å². The summed E-state index contributed by atoms with van der Waals surface area (Å²) in [6, 6.07) is 8.42. The van der Waals surface area contributed by atoms with E-state index in [1.807, 2.05) is 11.7 Å². The van der Waals surface area contributed by atoms with E-state index in [0.29, 0.717) is 10.7 Å². The Morgan fingerprint density at radius 3 is 3.11 bits per heavy atom. The highest BCUT2D eigenvalue weighted by atomic mass is 79.9. The molecule has 0 N–H and O–H groups in total. The number of aromatic nitrogens is 2. The first-order chi connectivity index (χ1) is 8.75. The molecule has 3 rings (SSSR count). The van der Waals surface area contributed by atoms with E-state index in [0.717, 1.165) is 26.1 Å². The number of rotatable bonds is 2. The van der Waals surface area contributed by atoms with Crippen LogP contribution in [0.5, 0.6) is 0 Å². The molecule has 0 bridgehead atoms. The molecule has 2 aromatic rings. The molecular weight excluding hydrogens is 292 g/mol. The summed E-state index contributed by atoms with van der Waals surface area (Å²) < 4.78 is 7.55. The summed E-state index contributed by atoms with van der Waals surface area (Å²) in [7, 11) is 2.01. The maximum absolute atomic E-state index is 5.58. The molecule has 2 heterocycles. The van der Waals surface area contributed by atoms with Crippen LogP contribution in [0.4, 0.5) is 0 Å². The van der Waals surface area contributed by atoms with E-state index < -0.39 is 0 Å². The van der Waals surface area contributed by atoms with Crippen LogP contribution in [0.25, 0.3) is 10.9 Å². The molecule has 1 aromatic carbocycles. The predicted octanol–water partition coefficient (Wildman–Crippen LogP) is 2.92. The Bertz CT molecular complexity index is 552. The Morgan fingerprint density at radius 2 is 2.28 bits per heavy atom. The number of fused-ring (bicyclic) bond motifs is 1. The Balaban J connectivity index is 1.90. The van der Waals surface area contributed by atoms with Crippen molar-refractivity contribution in [3.8, 4) is 0 Å². The summed E-state index contributed by atoms with van der Waals surface area (Å²) >= 11 is 3.77. The van der Waals surface area contributed by atoms with Crippen molar-refractivity contribution in [2.24, 2.45) is 13.0 Å². The average Bonchev–Trinajstić information content (AvgIpc) is 2.70. The van der Waals surface area contributed by atoms with Crippen molar-refractivity contribution in [2.75, 3.05) is 13.2 Å². The van der Waals surface area contributed by atoms with Crippen LogP contribution in [0.1, 0.15) is 12.1 Å². The summed E-state index contributed by atoms with van der Waals surface area (Å²) in [5.41, 5.74) is 2.39. The van der Waals surface area contributed by atoms with Crippen LogP contribution in [-0.4, -0.2) is 27.8 Å². The maximum atomic E-state index is 5.58. The van der Waals surface area contributed by atoms with Gasteiger partial charge in [0.15, 0.2) is 0 Å². The zero-order valence-electron chi connectivity index (χ0n) is 10.5. The van der Waals surface area contributed by atoms with Gasteiger partial charge in [-0.15, -0.1) is 0 Å². The van der Waals surface area contributed by atoms with E-state index in [1.165, 1.54) is 16.6 Å². The first-order valence-electron chi connectivity index (χ1n) is 6.38. The van der Waals surface area contributed by atoms with Crippen LogP contribution < -0.4 is 0 Å². The molecule has 1 aromatic heterocycles. The lowest BCUT2D eigenvalue weighted by Crippen LogP contribution is -2.29. The fraction of sp³-hybridized carbons (Fsp3) is 0.500. The standard InChI is InChI=1S/C14H17BrN2O/c1-17-14-5-3-2-4-11(14)13(16-17)8-10-9-18-7-6-12(10)15/h2-5,10,12H,6-9H2,1H3. The van der Waals surface area contributed by atoms with Crippen LogP contribution in [0.3, 0.4) is 0 Å². The molecule has 2 unspecified atom stereocenters. The second-order valence-electron chi connectivity index (χ2n) is 4.93. The van der Waals surface area contributed by atoms with Crippen LogP contribution in [0.15, 0.2) is 24.3 Å². The smallest absolute Gasteiger partial charge is 0.0707 e. The number of aryl methyl sites for hydroxylation is 1. The van der Waals surface area contributed by atoms with Gasteiger partial charge >= 0.3 is 0 Å². The van der Waals surface area contributed by atoms with Gasteiger partial charge in [0.25, 0.3) is 0 Å². The lowest BCUT2D eigenvalue weighted by Gasteiger charge is -2.26. The first-order valence-corrected chi connectivity index (χ1v) is 7.29. The molecule has 0 spiro atoms. The van der Waals surface area contributed by atoms with Crippen molar-refractivity contribution in [2.45, 2.75) is 17.7 Å². The lowest BCUT2D eigenvalue weighted by atomic mass is 9.95. The average molecular weight is 309 g/mol. The fourth-order valence-corrected chi connectivity index (χ4v) is 3.17. The monoisotopic (exact) mass is 308 g/mol. The summed E-state index contributed by atoms with van der Waals surface area (Å²) in [6.07, 6.45) is 2.08. The molecule has 1 aliphatic rings. The van der Waals surface area contributed by atoms with Gasteiger partial charge in [-0.05, 0) is 18.9 Å². The zero-order chi connectivity index (χ0) is 12.5. The Morgan fingerprint density at radius 1 is 1.44 bits per heavy atom. The second-order valence-corrected chi connectivity index (χ2v) is 6.11. The molecule has 1 aliphatic heterocycles. The SMILES string of the molecule is Cn1nc(CC2COCCC2Br)c2ccccc21. The van der Waals surface area contributed by atoms with Gasteiger partial charge in [-0.3, -0.25) is 4.68 Å². The van der Waals surface area contributed by atoms with E-state index in [-0.39, 0.29) is 0 Å². The molecule has 3 nitrogen and oxygen atoms in total. The highest BCUT2D eigenvalue weighted by molar-refractivity contribution is 9.09. The van der Waals surface area contributed by atoms with E-state index in [2.05, 4.69) is 45.3 Å². The Hall–Kier alpha value is -0.870. The van der Waals surface area contributed by atoms with E-state index in [1.54, 1.807) is 0 Å². The summed E-state index contributed by atoms with van der Waals surface area (Å²) in [6.45, 7) is 1.70. The number of para-hydroxylation sites is 1. The zero-order valence-corrected chi connectivity index (χ0v) is 12.1. The molecule has 1 fully saturated rings. The summed E-state index contributed by atoms with van der Waals surface area (Å²) in [5, 5.41) is 5.93. The van der Waals surface area contributed by atoms with Crippen molar-refractivity contribution in [3.05, 3.63) is 30.0 Å². The molecule has 1 saturated heterocycles. The normalized spacial score (nSPS) is 24.6. The summed E-state index contributed by atoms with van der Waals surface area (Å²) in [5.74, 6) is 0.525. The minimum atomic E-state index is 0.525. The highest BCUT2D eigenvalue weighted by Gasteiger charge is 2.25. The second kappa shape index (κ2) is 5.02. The van der Waals surface area contributed by atoms with Crippen LogP contribution in [-0.2, 0) is 18.2 Å². The lowest BCUT2D eigenvalue weighted by molar-refractivity contribution is 0.0603. The van der Waals surface area contributed by atoms with Gasteiger partial charge in [0.05, 0.1) is 17.8 Å². The van der Waals surface area contributed by atoms with E-state index >= 15 is 0 Å². The number of hydrogen-bond acceptors (Lipinski definition) is 2. The van der Waals surface area contributed by atoms with Crippen molar-refractivity contribution in [1.82, 2.24) is 9.78 Å². The molecular formula is C14H17BrN2O. The molecule has 0 saturated carbocycles. The highest BCUT2D eigenvalue weighted by Crippen LogP contribution is 2.28. The molecule has 96 valence electrons. The van der Waals surface area contributed by atoms with Crippen molar-refractivity contribution < 1.29 is 4.74 Å². The third-order valence-electron chi connectivity index (χ3n) is 3.67. The molecule has 0 amide bonds. The van der Waals surface area contributed by atoms with Crippen LogP contribution in [0, 0.1) is 5.92 Å².